The molecule has 1 aliphatic heterocycles. The molecule has 1 aliphatic rings. The fraction of sp³-hybridized carbons (Fsp3) is 0.211. The van der Waals surface area contributed by atoms with Crippen LogP contribution < -0.4 is 10.1 Å². The molecule has 1 amide bonds. The second-order valence-corrected chi connectivity index (χ2v) is 7.22. The highest BCUT2D eigenvalue weighted by Crippen LogP contribution is 2.41. The van der Waals surface area contributed by atoms with Crippen LogP contribution in [0.1, 0.15) is 17.0 Å². The average molecular weight is 428 g/mol. The predicted molar refractivity (Wildman–Crippen MR) is 107 cm³/mol. The van der Waals surface area contributed by atoms with Crippen LogP contribution in [0.2, 0.25) is 0 Å². The van der Waals surface area contributed by atoms with Gasteiger partial charge in [0.2, 0.25) is 5.91 Å². The van der Waals surface area contributed by atoms with Gasteiger partial charge < -0.3 is 19.8 Å². The van der Waals surface area contributed by atoms with E-state index in [0.29, 0.717) is 39.2 Å². The van der Waals surface area contributed by atoms with Crippen molar-refractivity contribution in [2.75, 3.05) is 19.5 Å². The second kappa shape index (κ2) is 7.26. The van der Waals surface area contributed by atoms with E-state index in [2.05, 4.69) is 19.6 Å². The molecule has 11 heteroatoms. The van der Waals surface area contributed by atoms with E-state index in [1.54, 1.807) is 31.2 Å². The number of ether oxygens (including phenoxy) is 2. The number of nitrogens with zero attached hydrogens (tertiary/aromatic N) is 2. The number of benzene rings is 2. The summed E-state index contributed by atoms with van der Waals surface area (Å²) in [5, 5.41) is 2.67. The number of aromatic amines is 1. The Morgan fingerprint density at radius 2 is 2.00 bits per heavy atom. The number of anilines is 1. The summed E-state index contributed by atoms with van der Waals surface area (Å²) >= 11 is 0. The van der Waals surface area contributed by atoms with Gasteiger partial charge >= 0.3 is 16.5 Å². The van der Waals surface area contributed by atoms with E-state index in [4.69, 9.17) is 9.47 Å². The number of imidazole rings is 1. The zero-order valence-corrected chi connectivity index (χ0v) is 17.0. The maximum atomic E-state index is 12.1. The summed E-state index contributed by atoms with van der Waals surface area (Å²) in [4.78, 5) is 31.8. The summed E-state index contributed by atoms with van der Waals surface area (Å²) in [6.07, 6.45) is 0. The number of rotatable bonds is 4. The van der Waals surface area contributed by atoms with Crippen LogP contribution in [0.4, 0.5) is 11.4 Å². The Morgan fingerprint density at radius 3 is 2.67 bits per heavy atom. The van der Waals surface area contributed by atoms with Gasteiger partial charge in [-0.3, -0.25) is 9.59 Å². The van der Waals surface area contributed by atoms with Crippen molar-refractivity contribution in [2.45, 2.75) is 12.8 Å². The highest BCUT2D eigenvalue weighted by molar-refractivity contribution is 7.61. The first-order chi connectivity index (χ1) is 14.3. The first-order valence-electron chi connectivity index (χ1n) is 8.75. The molecule has 1 atom stereocenters. The van der Waals surface area contributed by atoms with Crippen LogP contribution in [0.15, 0.2) is 28.6 Å². The quantitative estimate of drug-likeness (QED) is 0.480. The van der Waals surface area contributed by atoms with Crippen molar-refractivity contribution in [3.63, 3.8) is 0 Å². The summed E-state index contributed by atoms with van der Waals surface area (Å²) in [5.74, 6) is -1.49. The standard InChI is InChI=1S/C19H16N4O6S/c1-8-4-5-9(16(28-2)15(8)23-30(26)27)17-20-12-6-10-11(7-13(12)21-17)22-18(24)14(10)19(25)29-3/h4-7,14H,1-3H3,(H,20,21)(H,22,24). The van der Waals surface area contributed by atoms with E-state index < -0.39 is 28.3 Å². The van der Waals surface area contributed by atoms with Gasteiger partial charge in [-0.1, -0.05) is 6.07 Å². The number of hydrogen-bond donors (Lipinski definition) is 2. The van der Waals surface area contributed by atoms with Gasteiger partial charge in [0.1, 0.15) is 11.5 Å². The first kappa shape index (κ1) is 19.6. The molecular weight excluding hydrogens is 412 g/mol. The summed E-state index contributed by atoms with van der Waals surface area (Å²) in [6.45, 7) is 1.72. The van der Waals surface area contributed by atoms with Gasteiger partial charge in [0.15, 0.2) is 11.7 Å². The smallest absolute Gasteiger partial charge is 0.322 e. The molecule has 0 saturated carbocycles. The number of aryl methyl sites for hydroxylation is 1. The number of hydrogen-bond acceptors (Lipinski definition) is 8. The Bertz CT molecular complexity index is 1350. The lowest BCUT2D eigenvalue weighted by molar-refractivity contribution is -0.144. The molecule has 30 heavy (non-hydrogen) atoms. The predicted octanol–water partition coefficient (Wildman–Crippen LogP) is 2.45. The molecule has 1 aromatic heterocycles. The molecule has 1 unspecified atom stereocenters. The Morgan fingerprint density at radius 1 is 1.23 bits per heavy atom. The van der Waals surface area contributed by atoms with Crippen LogP contribution in [0.25, 0.3) is 22.4 Å². The van der Waals surface area contributed by atoms with Crippen molar-refractivity contribution in [3.8, 4) is 17.1 Å². The summed E-state index contributed by atoms with van der Waals surface area (Å²) in [5.41, 5.74) is 3.42. The molecule has 2 N–H and O–H groups in total. The maximum absolute atomic E-state index is 12.1. The average Bonchev–Trinajstić information content (AvgIpc) is 3.25. The Hall–Kier alpha value is -3.73. The molecule has 0 saturated heterocycles. The normalized spacial score (nSPS) is 14.9. The number of amides is 1. The van der Waals surface area contributed by atoms with Crippen molar-refractivity contribution in [3.05, 3.63) is 35.4 Å². The number of H-pyrrole nitrogens is 1. The molecule has 10 nitrogen and oxygen atoms in total. The minimum absolute atomic E-state index is 0.185. The minimum Gasteiger partial charge on any atom is -0.494 e. The summed E-state index contributed by atoms with van der Waals surface area (Å²) in [6, 6.07) is 6.78. The zero-order valence-electron chi connectivity index (χ0n) is 16.1. The van der Waals surface area contributed by atoms with Crippen molar-refractivity contribution in [1.82, 2.24) is 9.97 Å². The number of carbonyl (C=O) groups is 2. The number of esters is 1. The van der Waals surface area contributed by atoms with E-state index in [1.807, 2.05) is 0 Å². The van der Waals surface area contributed by atoms with Crippen molar-refractivity contribution in [1.29, 1.82) is 0 Å². The van der Waals surface area contributed by atoms with E-state index in [0.717, 1.165) is 0 Å². The largest absolute Gasteiger partial charge is 0.494 e. The summed E-state index contributed by atoms with van der Waals surface area (Å²) < 4.78 is 36.0. The topological polar surface area (TPSA) is 140 Å². The Balaban J connectivity index is 1.88. The van der Waals surface area contributed by atoms with Crippen molar-refractivity contribution in [2.24, 2.45) is 4.36 Å². The van der Waals surface area contributed by atoms with E-state index in [-0.39, 0.29) is 11.4 Å². The lowest BCUT2D eigenvalue weighted by Crippen LogP contribution is -2.21. The Kier molecular flexibility index (Phi) is 4.74. The van der Waals surface area contributed by atoms with Gasteiger partial charge in [-0.05, 0) is 30.7 Å². The molecule has 0 aliphatic carbocycles. The van der Waals surface area contributed by atoms with E-state index in [1.165, 1.54) is 14.2 Å². The third-order valence-corrected chi connectivity index (χ3v) is 5.21. The van der Waals surface area contributed by atoms with Crippen LogP contribution in [0.3, 0.4) is 0 Å². The number of nitrogens with one attached hydrogen (secondary N) is 2. The maximum Gasteiger partial charge on any atom is 0.322 e. The molecule has 0 radical (unpaired) electrons. The molecular formula is C19H16N4O6S. The van der Waals surface area contributed by atoms with Crippen LogP contribution in [0.5, 0.6) is 5.75 Å². The van der Waals surface area contributed by atoms with Crippen LogP contribution in [-0.4, -0.2) is 44.5 Å². The van der Waals surface area contributed by atoms with Crippen molar-refractivity contribution < 1.29 is 27.5 Å². The third kappa shape index (κ3) is 3.08. The van der Waals surface area contributed by atoms with Crippen LogP contribution >= 0.6 is 0 Å². The molecule has 154 valence electrons. The number of aromatic nitrogens is 2. The minimum atomic E-state index is -2.65. The Labute approximate surface area is 171 Å². The van der Waals surface area contributed by atoms with Crippen LogP contribution in [-0.2, 0) is 24.8 Å². The molecule has 2 aromatic carbocycles. The van der Waals surface area contributed by atoms with Gasteiger partial charge in [0, 0.05) is 11.3 Å². The van der Waals surface area contributed by atoms with Gasteiger partial charge in [-0.25, -0.2) is 4.98 Å². The monoisotopic (exact) mass is 428 g/mol. The summed E-state index contributed by atoms with van der Waals surface area (Å²) in [7, 11) is -0.0129. The first-order valence-corrected chi connectivity index (χ1v) is 9.78. The SMILES string of the molecule is COC(=O)C1C(=O)Nc2cc3[nH]c(-c4ccc(C)c(N=S(=O)=O)c4OC)nc3cc21. The molecule has 0 fully saturated rings. The fourth-order valence-electron chi connectivity index (χ4n) is 3.50. The highest BCUT2D eigenvalue weighted by Gasteiger charge is 2.38. The zero-order chi connectivity index (χ0) is 21.6. The fourth-order valence-corrected chi connectivity index (χ4v) is 3.87. The van der Waals surface area contributed by atoms with Crippen LogP contribution in [0, 0.1) is 6.92 Å². The number of fused-ring (bicyclic) bond motifs is 2. The van der Waals surface area contributed by atoms with Gasteiger partial charge in [-0.15, -0.1) is 4.36 Å². The van der Waals surface area contributed by atoms with Gasteiger partial charge in [0.05, 0.1) is 30.8 Å². The molecule has 0 bridgehead atoms. The highest BCUT2D eigenvalue weighted by atomic mass is 32.2. The van der Waals surface area contributed by atoms with Gasteiger partial charge in [0.25, 0.3) is 0 Å². The third-order valence-electron chi connectivity index (χ3n) is 4.88. The molecule has 2 heterocycles. The molecule has 0 spiro atoms. The lowest BCUT2D eigenvalue weighted by Gasteiger charge is -2.10. The molecule has 4 rings (SSSR count). The second-order valence-electron chi connectivity index (χ2n) is 6.61. The molecule has 3 aromatic rings. The van der Waals surface area contributed by atoms with Crippen molar-refractivity contribution >= 4 is 44.8 Å². The number of methoxy groups -OCH3 is 2. The number of carbonyl (C=O) groups excluding carboxylic acids is 2. The van der Waals surface area contributed by atoms with E-state index >= 15 is 0 Å². The lowest BCUT2D eigenvalue weighted by atomic mass is 10.0. The van der Waals surface area contributed by atoms with E-state index in [9.17, 15) is 18.0 Å². The van der Waals surface area contributed by atoms with Gasteiger partial charge in [-0.2, -0.15) is 8.42 Å².